The first-order valence-corrected chi connectivity index (χ1v) is 17.8. The van der Waals surface area contributed by atoms with Crippen molar-refractivity contribution in [2.75, 3.05) is 32.7 Å². The van der Waals surface area contributed by atoms with E-state index >= 15 is 0 Å². The highest BCUT2D eigenvalue weighted by molar-refractivity contribution is 7.89. The van der Waals surface area contributed by atoms with Crippen molar-refractivity contribution in [3.8, 4) is 0 Å². The highest BCUT2D eigenvalue weighted by atomic mass is 32.2. The molecule has 0 amide bonds. The van der Waals surface area contributed by atoms with Crippen molar-refractivity contribution in [1.82, 2.24) is 8.61 Å². The third-order valence-electron chi connectivity index (χ3n) is 8.54. The SMILES string of the molecule is CCCN=C1c2cc(S(=O)(=O)N3C[C@H](C)C[C@H](C)C3)ccc2C(=NO)c2ccc(S(=O)(=O)N3C[C@H](C)C[C@H](C)C3)cc21. The Morgan fingerprint density at radius 1 is 0.690 bits per heavy atom. The van der Waals surface area contributed by atoms with Crippen LogP contribution in [0.3, 0.4) is 0 Å². The fraction of sp³-hybridized carbons (Fsp3) is 0.548. The molecule has 0 spiro atoms. The summed E-state index contributed by atoms with van der Waals surface area (Å²) in [6.07, 6.45) is 2.72. The third-order valence-corrected chi connectivity index (χ3v) is 12.2. The monoisotopic (exact) mass is 614 g/mol. The molecule has 3 aliphatic rings. The first-order valence-electron chi connectivity index (χ1n) is 14.9. The average molecular weight is 615 g/mol. The summed E-state index contributed by atoms with van der Waals surface area (Å²) in [5.41, 5.74) is 2.88. The van der Waals surface area contributed by atoms with Gasteiger partial charge in [0.05, 0.1) is 15.5 Å². The summed E-state index contributed by atoms with van der Waals surface area (Å²) in [7, 11) is -7.58. The van der Waals surface area contributed by atoms with Crippen LogP contribution in [-0.2, 0) is 20.0 Å². The lowest BCUT2D eigenvalue weighted by molar-refractivity contribution is 0.222. The van der Waals surface area contributed by atoms with Crippen LogP contribution in [0, 0.1) is 23.7 Å². The van der Waals surface area contributed by atoms with E-state index in [2.05, 4.69) is 32.9 Å². The number of nitrogens with zero attached hydrogens (tertiary/aromatic N) is 4. The summed E-state index contributed by atoms with van der Waals surface area (Å²) < 4.78 is 58.4. The van der Waals surface area contributed by atoms with Crippen LogP contribution in [0.15, 0.2) is 56.3 Å². The topological polar surface area (TPSA) is 120 Å². The highest BCUT2D eigenvalue weighted by Crippen LogP contribution is 2.35. The van der Waals surface area contributed by atoms with Crippen LogP contribution in [0.25, 0.3) is 0 Å². The summed E-state index contributed by atoms with van der Waals surface area (Å²) in [5, 5.41) is 13.7. The molecule has 0 saturated carbocycles. The minimum absolute atomic E-state index is 0.146. The Balaban J connectivity index is 1.62. The quantitative estimate of drug-likeness (QED) is 0.316. The summed E-state index contributed by atoms with van der Waals surface area (Å²) in [6, 6.07) is 9.66. The zero-order valence-electron chi connectivity index (χ0n) is 25.1. The maximum absolute atomic E-state index is 13.8. The van der Waals surface area contributed by atoms with Crippen LogP contribution in [-0.4, -0.2) is 74.8 Å². The van der Waals surface area contributed by atoms with E-state index in [0.29, 0.717) is 60.7 Å². The molecule has 2 heterocycles. The number of aliphatic imine (C=N–C) groups is 1. The standard InChI is InChI=1S/C31H42N4O5S2/c1-6-11-32-30-28-14-24(41(37,38)34-16-20(2)12-21(3)17-34)7-9-26(28)31(33-36)27-10-8-25(15-29(27)30)42(39,40)35-18-22(4)13-23(5)19-35/h7-10,14-15,20-23,36H,6,11-13,16-19H2,1-5H3/t20-,21+,22-,23+. The zero-order valence-corrected chi connectivity index (χ0v) is 26.7. The molecule has 0 aromatic heterocycles. The minimum atomic E-state index is -3.79. The highest BCUT2D eigenvalue weighted by Gasteiger charge is 2.36. The van der Waals surface area contributed by atoms with E-state index in [-0.39, 0.29) is 39.2 Å². The summed E-state index contributed by atoms with van der Waals surface area (Å²) >= 11 is 0. The van der Waals surface area contributed by atoms with E-state index in [1.165, 1.54) is 0 Å². The Morgan fingerprint density at radius 3 is 1.45 bits per heavy atom. The number of oxime groups is 1. The van der Waals surface area contributed by atoms with E-state index in [1.54, 1.807) is 45.0 Å². The number of hydrogen-bond acceptors (Lipinski definition) is 7. The largest absolute Gasteiger partial charge is 0.410 e. The molecular formula is C31H42N4O5S2. The molecule has 2 saturated heterocycles. The van der Waals surface area contributed by atoms with Crippen molar-refractivity contribution in [1.29, 1.82) is 0 Å². The van der Waals surface area contributed by atoms with Gasteiger partial charge in [0.15, 0.2) is 0 Å². The van der Waals surface area contributed by atoms with Crippen LogP contribution in [0.4, 0.5) is 0 Å². The maximum Gasteiger partial charge on any atom is 0.243 e. The van der Waals surface area contributed by atoms with Crippen LogP contribution in [0.2, 0.25) is 0 Å². The van der Waals surface area contributed by atoms with Gasteiger partial charge < -0.3 is 5.21 Å². The van der Waals surface area contributed by atoms with E-state index in [4.69, 9.17) is 4.99 Å². The summed E-state index contributed by atoms with van der Waals surface area (Å²) in [4.78, 5) is 5.13. The van der Waals surface area contributed by atoms with Crippen LogP contribution in [0.5, 0.6) is 0 Å². The molecule has 2 aliphatic heterocycles. The molecule has 42 heavy (non-hydrogen) atoms. The normalized spacial score (nSPS) is 25.5. The van der Waals surface area contributed by atoms with Crippen LogP contribution in [0.1, 0.15) is 76.1 Å². The van der Waals surface area contributed by atoms with Crippen LogP contribution >= 0.6 is 0 Å². The van der Waals surface area contributed by atoms with Gasteiger partial charge in [-0.1, -0.05) is 51.9 Å². The van der Waals surface area contributed by atoms with Gasteiger partial charge in [-0.05, 0) is 67.2 Å². The average Bonchev–Trinajstić information content (AvgIpc) is 2.93. The third kappa shape index (κ3) is 5.68. The van der Waals surface area contributed by atoms with Gasteiger partial charge in [-0.3, -0.25) is 4.99 Å². The molecule has 9 nitrogen and oxygen atoms in total. The van der Waals surface area contributed by atoms with Crippen molar-refractivity contribution in [3.05, 3.63) is 58.7 Å². The van der Waals surface area contributed by atoms with E-state index in [9.17, 15) is 22.0 Å². The van der Waals surface area contributed by atoms with Gasteiger partial charge >= 0.3 is 0 Å². The number of rotatable bonds is 6. The number of piperidine rings is 2. The Labute approximate surface area is 250 Å². The molecule has 2 aromatic carbocycles. The van der Waals surface area contributed by atoms with E-state index in [0.717, 1.165) is 19.3 Å². The van der Waals surface area contributed by atoms with Gasteiger partial charge in [0.25, 0.3) is 0 Å². The lowest BCUT2D eigenvalue weighted by atomic mass is 9.83. The molecule has 1 aliphatic carbocycles. The van der Waals surface area contributed by atoms with E-state index < -0.39 is 20.0 Å². The van der Waals surface area contributed by atoms with Gasteiger partial charge in [0.2, 0.25) is 20.0 Å². The summed E-state index contributed by atoms with van der Waals surface area (Å²) in [5.74, 6) is 1.03. The molecule has 0 unspecified atom stereocenters. The van der Waals surface area contributed by atoms with Gasteiger partial charge in [-0.15, -0.1) is 0 Å². The molecular weight excluding hydrogens is 572 g/mol. The Morgan fingerprint density at radius 2 is 1.10 bits per heavy atom. The predicted molar refractivity (Wildman–Crippen MR) is 165 cm³/mol. The Kier molecular flexibility index (Phi) is 8.68. The number of sulfonamides is 2. The molecule has 5 rings (SSSR count). The molecule has 0 radical (unpaired) electrons. The van der Waals surface area contributed by atoms with Crippen LogP contribution < -0.4 is 0 Å². The zero-order chi connectivity index (χ0) is 30.4. The molecule has 2 aromatic rings. The number of hydrogen-bond donors (Lipinski definition) is 1. The van der Waals surface area contributed by atoms with Crippen molar-refractivity contribution in [2.24, 2.45) is 33.8 Å². The molecule has 2 fully saturated rings. The second kappa shape index (κ2) is 11.8. The Bertz CT molecular complexity index is 1500. The molecule has 228 valence electrons. The first kappa shape index (κ1) is 30.8. The Hall–Kier alpha value is -2.60. The molecule has 0 bridgehead atoms. The fourth-order valence-corrected chi connectivity index (χ4v) is 10.3. The predicted octanol–water partition coefficient (Wildman–Crippen LogP) is 4.81. The first-order chi connectivity index (χ1) is 19.9. The fourth-order valence-electron chi connectivity index (χ4n) is 6.87. The van der Waals surface area contributed by atoms with E-state index in [1.807, 2.05) is 6.92 Å². The number of fused-ring (bicyclic) bond motifs is 2. The smallest absolute Gasteiger partial charge is 0.243 e. The molecule has 11 heteroatoms. The molecule has 1 N–H and O–H groups in total. The second-order valence-electron chi connectivity index (χ2n) is 12.6. The van der Waals surface area contributed by atoms with Crippen molar-refractivity contribution in [3.63, 3.8) is 0 Å². The second-order valence-corrected chi connectivity index (χ2v) is 16.5. The summed E-state index contributed by atoms with van der Waals surface area (Å²) in [6.45, 7) is 12.6. The van der Waals surface area contributed by atoms with Crippen molar-refractivity contribution >= 4 is 31.5 Å². The van der Waals surface area contributed by atoms with Gasteiger partial charge in [-0.25, -0.2) is 16.8 Å². The number of benzene rings is 2. The van der Waals surface area contributed by atoms with Gasteiger partial charge in [0, 0.05) is 55.0 Å². The lowest BCUT2D eigenvalue weighted by Crippen LogP contribution is -2.42. The van der Waals surface area contributed by atoms with Crippen molar-refractivity contribution < 1.29 is 22.0 Å². The molecule has 4 atom stereocenters. The lowest BCUT2D eigenvalue weighted by Gasteiger charge is -2.34. The minimum Gasteiger partial charge on any atom is -0.410 e. The van der Waals surface area contributed by atoms with Crippen molar-refractivity contribution in [2.45, 2.75) is 63.7 Å². The maximum atomic E-state index is 13.8. The van der Waals surface area contributed by atoms with Gasteiger partial charge in [0.1, 0.15) is 5.71 Å². The van der Waals surface area contributed by atoms with Gasteiger partial charge in [-0.2, -0.15) is 8.61 Å².